The quantitative estimate of drug-likeness (QED) is 0.539. The number of carbonyl (C=O) groups excluding carboxylic acids is 1. The van der Waals surface area contributed by atoms with Crippen LogP contribution >= 0.6 is 0 Å². The number of guanidine groups is 1. The molecule has 0 aliphatic carbocycles. The number of piperazine rings is 1. The van der Waals surface area contributed by atoms with E-state index in [1.165, 1.54) is 0 Å². The highest BCUT2D eigenvalue weighted by molar-refractivity contribution is 5.82. The van der Waals surface area contributed by atoms with Gasteiger partial charge in [-0.05, 0) is 31.5 Å². The number of oxazole rings is 1. The molecule has 0 radical (unpaired) electrons. The van der Waals surface area contributed by atoms with Crippen LogP contribution in [0.3, 0.4) is 0 Å². The summed E-state index contributed by atoms with van der Waals surface area (Å²) < 4.78 is 5.56. The van der Waals surface area contributed by atoms with Gasteiger partial charge in [-0.1, -0.05) is 12.1 Å². The molecule has 27 heavy (non-hydrogen) atoms. The van der Waals surface area contributed by atoms with E-state index in [0.29, 0.717) is 38.0 Å². The second kappa shape index (κ2) is 8.57. The molecule has 8 nitrogen and oxygen atoms in total. The molecule has 144 valence electrons. The topological polar surface area (TPSA) is 94.8 Å². The van der Waals surface area contributed by atoms with Crippen molar-refractivity contribution in [2.45, 2.75) is 26.9 Å². The van der Waals surface area contributed by atoms with Gasteiger partial charge in [0.25, 0.3) is 0 Å². The Bertz CT molecular complexity index is 793. The lowest BCUT2D eigenvalue weighted by Gasteiger charge is -2.28. The Morgan fingerprint density at radius 3 is 2.63 bits per heavy atom. The summed E-state index contributed by atoms with van der Waals surface area (Å²) in [6.07, 6.45) is 0. The molecule has 1 fully saturated rings. The van der Waals surface area contributed by atoms with Gasteiger partial charge >= 0.3 is 0 Å². The van der Waals surface area contributed by atoms with Crippen LogP contribution in [0.15, 0.2) is 33.7 Å². The van der Waals surface area contributed by atoms with Crippen LogP contribution in [0.4, 0.5) is 5.69 Å². The maximum absolute atomic E-state index is 11.5. The number of nitrogens with one attached hydrogen (secondary N) is 3. The van der Waals surface area contributed by atoms with Crippen molar-refractivity contribution in [3.05, 3.63) is 47.2 Å². The first-order chi connectivity index (χ1) is 13.0. The highest BCUT2D eigenvalue weighted by Crippen LogP contribution is 2.16. The molecule has 1 aromatic carbocycles. The van der Waals surface area contributed by atoms with Crippen molar-refractivity contribution >= 4 is 17.6 Å². The molecule has 1 aliphatic heterocycles. The first kappa shape index (κ1) is 18.8. The number of carbonyl (C=O) groups is 1. The first-order valence-electron chi connectivity index (χ1n) is 9.03. The number of amides is 1. The third-order valence-corrected chi connectivity index (χ3v) is 4.50. The molecule has 0 spiro atoms. The summed E-state index contributed by atoms with van der Waals surface area (Å²) in [6.45, 7) is 6.88. The highest BCUT2D eigenvalue weighted by Gasteiger charge is 2.16. The minimum absolute atomic E-state index is 0.0679. The number of anilines is 1. The molecule has 2 aromatic rings. The van der Waals surface area contributed by atoms with Crippen molar-refractivity contribution in [2.75, 3.05) is 31.6 Å². The number of aryl methyl sites for hydroxylation is 2. The van der Waals surface area contributed by atoms with E-state index >= 15 is 0 Å². The Hall–Kier alpha value is -3.03. The predicted octanol–water partition coefficient (Wildman–Crippen LogP) is 1.09. The molecule has 2 heterocycles. The van der Waals surface area contributed by atoms with Crippen molar-refractivity contribution in [1.29, 1.82) is 0 Å². The van der Waals surface area contributed by atoms with Gasteiger partial charge in [-0.2, -0.15) is 0 Å². The second-order valence-electron chi connectivity index (χ2n) is 6.47. The molecule has 1 aliphatic rings. The fourth-order valence-electron chi connectivity index (χ4n) is 2.86. The minimum atomic E-state index is 0.0679. The largest absolute Gasteiger partial charge is 0.444 e. The molecule has 0 saturated carbocycles. The zero-order chi connectivity index (χ0) is 19.2. The van der Waals surface area contributed by atoms with Gasteiger partial charge in [0.15, 0.2) is 5.96 Å². The lowest BCUT2D eigenvalue weighted by molar-refractivity contribution is -0.120. The summed E-state index contributed by atoms with van der Waals surface area (Å²) in [7, 11) is 1.73. The molecule has 1 aromatic heterocycles. The average Bonchev–Trinajstić information content (AvgIpc) is 3.00. The number of hydrogen-bond acceptors (Lipinski definition) is 5. The Morgan fingerprint density at radius 1 is 1.26 bits per heavy atom. The van der Waals surface area contributed by atoms with Gasteiger partial charge in [-0.3, -0.25) is 9.79 Å². The highest BCUT2D eigenvalue weighted by atomic mass is 16.4. The van der Waals surface area contributed by atoms with E-state index in [4.69, 9.17) is 4.42 Å². The summed E-state index contributed by atoms with van der Waals surface area (Å²) in [5, 5.41) is 9.31. The first-order valence-corrected chi connectivity index (χ1v) is 9.03. The lowest BCUT2D eigenvalue weighted by Crippen LogP contribution is -2.47. The van der Waals surface area contributed by atoms with Crippen LogP contribution in [0, 0.1) is 13.8 Å². The van der Waals surface area contributed by atoms with Crippen molar-refractivity contribution < 1.29 is 9.21 Å². The van der Waals surface area contributed by atoms with Crippen molar-refractivity contribution in [3.8, 4) is 0 Å². The average molecular weight is 370 g/mol. The van der Waals surface area contributed by atoms with Gasteiger partial charge < -0.3 is 25.3 Å². The van der Waals surface area contributed by atoms with Crippen molar-refractivity contribution in [1.82, 2.24) is 20.9 Å². The van der Waals surface area contributed by atoms with Crippen molar-refractivity contribution in [2.24, 2.45) is 4.99 Å². The zero-order valence-corrected chi connectivity index (χ0v) is 16.0. The van der Waals surface area contributed by atoms with E-state index in [2.05, 4.69) is 43.0 Å². The maximum Gasteiger partial charge on any atom is 0.239 e. The van der Waals surface area contributed by atoms with Gasteiger partial charge in [-0.15, -0.1) is 0 Å². The third-order valence-electron chi connectivity index (χ3n) is 4.50. The summed E-state index contributed by atoms with van der Waals surface area (Å²) in [4.78, 5) is 22.2. The van der Waals surface area contributed by atoms with Crippen LogP contribution in [-0.4, -0.2) is 43.5 Å². The molecule has 3 N–H and O–H groups in total. The number of aliphatic imine (C=N–C) groups is 1. The van der Waals surface area contributed by atoms with Crippen LogP contribution in [0.2, 0.25) is 0 Å². The van der Waals surface area contributed by atoms with Gasteiger partial charge in [0.1, 0.15) is 5.76 Å². The molecule has 1 amide bonds. The zero-order valence-electron chi connectivity index (χ0n) is 16.0. The molecule has 3 rings (SSSR count). The van der Waals surface area contributed by atoms with Gasteiger partial charge in [0.2, 0.25) is 11.8 Å². The summed E-state index contributed by atoms with van der Waals surface area (Å²) >= 11 is 0. The van der Waals surface area contributed by atoms with E-state index in [0.717, 1.165) is 29.2 Å². The van der Waals surface area contributed by atoms with Gasteiger partial charge in [0.05, 0.1) is 18.8 Å². The minimum Gasteiger partial charge on any atom is -0.444 e. The Labute approximate surface area is 159 Å². The molecule has 1 saturated heterocycles. The number of hydrogen-bond donors (Lipinski definition) is 3. The molecule has 0 bridgehead atoms. The van der Waals surface area contributed by atoms with Gasteiger partial charge in [-0.25, -0.2) is 4.98 Å². The van der Waals surface area contributed by atoms with E-state index in [1.54, 1.807) is 7.05 Å². The molecule has 0 atom stereocenters. The van der Waals surface area contributed by atoms with E-state index in [1.807, 2.05) is 26.0 Å². The van der Waals surface area contributed by atoms with Crippen LogP contribution < -0.4 is 20.9 Å². The molecule has 0 unspecified atom stereocenters. The summed E-state index contributed by atoms with van der Waals surface area (Å²) in [6, 6.07) is 8.21. The van der Waals surface area contributed by atoms with E-state index in [9.17, 15) is 4.79 Å². The number of rotatable bonds is 5. The fraction of sp³-hybridized carbons (Fsp3) is 0.421. The normalized spacial score (nSPS) is 14.9. The van der Waals surface area contributed by atoms with Crippen LogP contribution in [0.25, 0.3) is 0 Å². The monoisotopic (exact) mass is 370 g/mol. The Morgan fingerprint density at radius 2 is 2.00 bits per heavy atom. The standard InChI is InChI=1S/C19H26N6O2/c1-13-14(2)27-18(24-13)11-23-19(20-3)22-10-15-4-6-16(7-5-15)25-9-8-21-17(26)12-25/h4-7H,8-12H2,1-3H3,(H,21,26)(H2,20,22,23). The third kappa shape index (κ3) is 4.99. The fourth-order valence-corrected chi connectivity index (χ4v) is 2.86. The molecule has 8 heteroatoms. The Balaban J connectivity index is 1.50. The number of benzene rings is 1. The molecular weight excluding hydrogens is 344 g/mol. The lowest BCUT2D eigenvalue weighted by atomic mass is 10.2. The van der Waals surface area contributed by atoms with Crippen LogP contribution in [-0.2, 0) is 17.9 Å². The van der Waals surface area contributed by atoms with Crippen molar-refractivity contribution in [3.63, 3.8) is 0 Å². The number of aromatic nitrogens is 1. The predicted molar refractivity (Wildman–Crippen MR) is 105 cm³/mol. The Kier molecular flexibility index (Phi) is 5.95. The maximum atomic E-state index is 11.5. The second-order valence-corrected chi connectivity index (χ2v) is 6.47. The summed E-state index contributed by atoms with van der Waals surface area (Å²) in [5.41, 5.74) is 3.10. The smallest absolute Gasteiger partial charge is 0.239 e. The molecular formula is C19H26N6O2. The number of nitrogens with zero attached hydrogens (tertiary/aromatic N) is 3. The van der Waals surface area contributed by atoms with E-state index < -0.39 is 0 Å². The summed E-state index contributed by atoms with van der Waals surface area (Å²) in [5.74, 6) is 2.22. The van der Waals surface area contributed by atoms with E-state index in [-0.39, 0.29) is 5.91 Å². The van der Waals surface area contributed by atoms with Crippen LogP contribution in [0.5, 0.6) is 0 Å². The van der Waals surface area contributed by atoms with Gasteiger partial charge in [0, 0.05) is 32.4 Å². The van der Waals surface area contributed by atoms with Crippen LogP contribution in [0.1, 0.15) is 22.9 Å². The SMILES string of the molecule is CN=C(NCc1ccc(N2CCNC(=O)C2)cc1)NCc1nc(C)c(C)o1.